The molecular weight excluding hydrogens is 178 g/mol. The van der Waals surface area contributed by atoms with Gasteiger partial charge in [0.05, 0.1) is 12.4 Å². The van der Waals surface area contributed by atoms with Crippen molar-refractivity contribution >= 4 is 5.82 Å². The van der Waals surface area contributed by atoms with Crippen LogP contribution in [0.15, 0.2) is 42.7 Å². The van der Waals surface area contributed by atoms with Crippen molar-refractivity contribution in [3.63, 3.8) is 0 Å². The average Bonchev–Trinajstić information content (AvgIpc) is 2.19. The molecule has 0 radical (unpaired) electrons. The Morgan fingerprint density at radius 3 is 2.57 bits per heavy atom. The minimum atomic E-state index is 0.346. The van der Waals surface area contributed by atoms with Gasteiger partial charge in [0.1, 0.15) is 11.6 Å². The minimum Gasteiger partial charge on any atom is -0.437 e. The molecule has 0 unspecified atom stereocenters. The van der Waals surface area contributed by atoms with Crippen LogP contribution >= 0.6 is 0 Å². The lowest BCUT2D eigenvalue weighted by Crippen LogP contribution is -1.94. The van der Waals surface area contributed by atoms with Crippen molar-refractivity contribution < 1.29 is 4.74 Å². The second kappa shape index (κ2) is 3.74. The molecule has 0 atom stereocenters. The molecule has 0 saturated carbocycles. The Hall–Kier alpha value is -2.10. The third kappa shape index (κ3) is 1.98. The van der Waals surface area contributed by atoms with Crippen LogP contribution in [0, 0.1) is 0 Å². The molecule has 0 bridgehead atoms. The molecule has 0 amide bonds. The second-order valence-electron chi connectivity index (χ2n) is 2.70. The van der Waals surface area contributed by atoms with Crippen molar-refractivity contribution in [3.8, 4) is 11.6 Å². The summed E-state index contributed by atoms with van der Waals surface area (Å²) in [6.07, 6.45) is 2.99. The SMILES string of the molecule is Nc1cncc(Oc2ccccc2)n1. The van der Waals surface area contributed by atoms with Gasteiger partial charge in [0.15, 0.2) is 0 Å². The maximum Gasteiger partial charge on any atom is 0.239 e. The topological polar surface area (TPSA) is 61.0 Å². The Morgan fingerprint density at radius 2 is 1.86 bits per heavy atom. The van der Waals surface area contributed by atoms with Crippen LogP contribution in [-0.2, 0) is 0 Å². The molecule has 0 aliphatic carbocycles. The molecule has 0 saturated heterocycles. The number of para-hydroxylation sites is 1. The Kier molecular flexibility index (Phi) is 2.27. The Labute approximate surface area is 81.4 Å². The number of hydrogen-bond acceptors (Lipinski definition) is 4. The highest BCUT2D eigenvalue weighted by molar-refractivity contribution is 5.30. The number of nitrogens with two attached hydrogens (primary N) is 1. The van der Waals surface area contributed by atoms with Gasteiger partial charge in [-0.15, -0.1) is 0 Å². The maximum atomic E-state index is 5.46. The highest BCUT2D eigenvalue weighted by Gasteiger charge is 1.97. The molecule has 4 nitrogen and oxygen atoms in total. The normalized spacial score (nSPS) is 9.71. The zero-order valence-corrected chi connectivity index (χ0v) is 7.42. The molecule has 4 heteroatoms. The van der Waals surface area contributed by atoms with E-state index in [4.69, 9.17) is 10.5 Å². The van der Waals surface area contributed by atoms with E-state index in [0.29, 0.717) is 17.4 Å². The van der Waals surface area contributed by atoms with Crippen LogP contribution in [-0.4, -0.2) is 9.97 Å². The van der Waals surface area contributed by atoms with E-state index >= 15 is 0 Å². The van der Waals surface area contributed by atoms with E-state index in [1.54, 1.807) is 0 Å². The third-order valence-electron chi connectivity index (χ3n) is 1.60. The van der Waals surface area contributed by atoms with Gasteiger partial charge < -0.3 is 10.5 Å². The number of hydrogen-bond donors (Lipinski definition) is 1. The summed E-state index contributed by atoms with van der Waals surface area (Å²) in [6, 6.07) is 9.36. The zero-order valence-electron chi connectivity index (χ0n) is 7.42. The predicted octanol–water partition coefficient (Wildman–Crippen LogP) is 1.85. The van der Waals surface area contributed by atoms with E-state index in [1.807, 2.05) is 30.3 Å². The van der Waals surface area contributed by atoms with Crippen LogP contribution in [0.2, 0.25) is 0 Å². The van der Waals surface area contributed by atoms with E-state index in [2.05, 4.69) is 9.97 Å². The van der Waals surface area contributed by atoms with E-state index in [1.165, 1.54) is 12.4 Å². The first-order valence-electron chi connectivity index (χ1n) is 4.15. The molecule has 0 aliphatic rings. The van der Waals surface area contributed by atoms with Crippen LogP contribution in [0.1, 0.15) is 0 Å². The number of anilines is 1. The van der Waals surface area contributed by atoms with Gasteiger partial charge in [0.25, 0.3) is 0 Å². The summed E-state index contributed by atoms with van der Waals surface area (Å²) >= 11 is 0. The van der Waals surface area contributed by atoms with Gasteiger partial charge in [0, 0.05) is 0 Å². The molecule has 2 aromatic rings. The van der Waals surface area contributed by atoms with Crippen LogP contribution < -0.4 is 10.5 Å². The minimum absolute atomic E-state index is 0.346. The highest BCUT2D eigenvalue weighted by Crippen LogP contribution is 2.17. The van der Waals surface area contributed by atoms with Gasteiger partial charge in [-0.05, 0) is 12.1 Å². The number of benzene rings is 1. The summed E-state index contributed by atoms with van der Waals surface area (Å²) in [4.78, 5) is 7.83. The lowest BCUT2D eigenvalue weighted by atomic mass is 10.3. The molecule has 14 heavy (non-hydrogen) atoms. The summed E-state index contributed by atoms with van der Waals surface area (Å²) in [5.41, 5.74) is 5.46. The molecular formula is C10H9N3O. The standard InChI is InChI=1S/C10H9N3O/c11-9-6-12-7-10(13-9)14-8-4-2-1-3-5-8/h1-7H,(H2,11,13). The van der Waals surface area contributed by atoms with Crippen molar-refractivity contribution in [1.82, 2.24) is 9.97 Å². The summed E-state index contributed by atoms with van der Waals surface area (Å²) < 4.78 is 5.41. The molecule has 1 heterocycles. The first-order chi connectivity index (χ1) is 6.84. The van der Waals surface area contributed by atoms with Crippen molar-refractivity contribution in [1.29, 1.82) is 0 Å². The largest absolute Gasteiger partial charge is 0.437 e. The van der Waals surface area contributed by atoms with Crippen LogP contribution in [0.25, 0.3) is 0 Å². The monoisotopic (exact) mass is 187 g/mol. The Balaban J connectivity index is 2.19. The van der Waals surface area contributed by atoms with Gasteiger partial charge in [-0.3, -0.25) is 4.98 Å². The van der Waals surface area contributed by atoms with Crippen molar-refractivity contribution in [2.24, 2.45) is 0 Å². The Bertz CT molecular complexity index is 417. The second-order valence-corrected chi connectivity index (χ2v) is 2.70. The van der Waals surface area contributed by atoms with Crippen molar-refractivity contribution in [3.05, 3.63) is 42.7 Å². The van der Waals surface area contributed by atoms with Crippen LogP contribution in [0.3, 0.4) is 0 Å². The first-order valence-corrected chi connectivity index (χ1v) is 4.15. The molecule has 0 spiro atoms. The smallest absolute Gasteiger partial charge is 0.239 e. The lowest BCUT2D eigenvalue weighted by molar-refractivity contribution is 0.461. The quantitative estimate of drug-likeness (QED) is 0.779. The van der Waals surface area contributed by atoms with Gasteiger partial charge in [-0.1, -0.05) is 18.2 Å². The van der Waals surface area contributed by atoms with Gasteiger partial charge in [0.2, 0.25) is 5.88 Å². The van der Waals surface area contributed by atoms with Crippen LogP contribution in [0.5, 0.6) is 11.6 Å². The zero-order chi connectivity index (χ0) is 9.80. The molecule has 1 aromatic carbocycles. The fourth-order valence-corrected chi connectivity index (χ4v) is 1.02. The lowest BCUT2D eigenvalue weighted by Gasteiger charge is -2.03. The molecule has 0 aliphatic heterocycles. The summed E-state index contributed by atoms with van der Waals surface area (Å²) in [6.45, 7) is 0. The van der Waals surface area contributed by atoms with Gasteiger partial charge in [-0.25, -0.2) is 0 Å². The number of aromatic nitrogens is 2. The van der Waals surface area contributed by atoms with E-state index in [-0.39, 0.29) is 0 Å². The van der Waals surface area contributed by atoms with Gasteiger partial charge >= 0.3 is 0 Å². The summed E-state index contributed by atoms with van der Waals surface area (Å²) in [7, 11) is 0. The highest BCUT2D eigenvalue weighted by atomic mass is 16.5. The molecule has 1 aromatic heterocycles. The van der Waals surface area contributed by atoms with E-state index in [9.17, 15) is 0 Å². The maximum absolute atomic E-state index is 5.46. The number of nitrogen functional groups attached to an aromatic ring is 1. The van der Waals surface area contributed by atoms with Crippen molar-refractivity contribution in [2.75, 3.05) is 5.73 Å². The number of rotatable bonds is 2. The average molecular weight is 187 g/mol. The van der Waals surface area contributed by atoms with Crippen molar-refractivity contribution in [2.45, 2.75) is 0 Å². The first kappa shape index (κ1) is 8.50. The number of nitrogens with zero attached hydrogens (tertiary/aromatic N) is 2. The molecule has 70 valence electrons. The summed E-state index contributed by atoms with van der Waals surface area (Å²) in [5.74, 6) is 1.46. The molecule has 0 fully saturated rings. The molecule has 2 rings (SSSR count). The third-order valence-corrected chi connectivity index (χ3v) is 1.60. The molecule has 2 N–H and O–H groups in total. The summed E-state index contributed by atoms with van der Waals surface area (Å²) in [5, 5.41) is 0. The fraction of sp³-hybridized carbons (Fsp3) is 0. The van der Waals surface area contributed by atoms with E-state index in [0.717, 1.165) is 0 Å². The van der Waals surface area contributed by atoms with Crippen LogP contribution in [0.4, 0.5) is 5.82 Å². The number of ether oxygens (including phenoxy) is 1. The van der Waals surface area contributed by atoms with Gasteiger partial charge in [-0.2, -0.15) is 4.98 Å². The van der Waals surface area contributed by atoms with E-state index < -0.39 is 0 Å². The fourth-order valence-electron chi connectivity index (χ4n) is 1.02. The Morgan fingerprint density at radius 1 is 1.07 bits per heavy atom. The predicted molar refractivity (Wildman–Crippen MR) is 53.0 cm³/mol.